The third-order valence-corrected chi connectivity index (χ3v) is 2.65. The van der Waals surface area contributed by atoms with Crippen molar-refractivity contribution in [2.24, 2.45) is 0 Å². The molecular formula is C13H12N4. The number of aryl methyl sites for hydroxylation is 2. The number of hydrogen-bond donors (Lipinski definition) is 1. The first kappa shape index (κ1) is 9.96. The van der Waals surface area contributed by atoms with Gasteiger partial charge in [0, 0.05) is 24.5 Å². The van der Waals surface area contributed by atoms with Gasteiger partial charge >= 0.3 is 0 Å². The van der Waals surface area contributed by atoms with Gasteiger partial charge in [-0.2, -0.15) is 0 Å². The Hall–Kier alpha value is -2.23. The molecule has 0 saturated carbocycles. The molecule has 1 N–H and O–H groups in total. The first-order valence-electron chi connectivity index (χ1n) is 5.61. The van der Waals surface area contributed by atoms with Crippen LogP contribution < -0.4 is 0 Å². The van der Waals surface area contributed by atoms with Crippen molar-refractivity contribution >= 4 is 11.2 Å². The number of pyridine rings is 2. The Bertz CT molecular complexity index is 582. The maximum Gasteiger partial charge on any atom is 0.177 e. The van der Waals surface area contributed by atoms with Crippen LogP contribution in [0.15, 0.2) is 42.7 Å². The van der Waals surface area contributed by atoms with Crippen molar-refractivity contribution in [2.45, 2.75) is 12.8 Å². The number of fused-ring (bicyclic) bond motifs is 1. The van der Waals surface area contributed by atoms with Crippen LogP contribution in [0.3, 0.4) is 0 Å². The van der Waals surface area contributed by atoms with Crippen molar-refractivity contribution in [2.75, 3.05) is 0 Å². The normalized spacial score (nSPS) is 10.8. The summed E-state index contributed by atoms with van der Waals surface area (Å²) in [6.07, 6.45) is 5.31. The van der Waals surface area contributed by atoms with Crippen LogP contribution in [0.4, 0.5) is 0 Å². The fraction of sp³-hybridized carbons (Fsp3) is 0.154. The summed E-state index contributed by atoms with van der Waals surface area (Å²) in [5, 5.41) is 0. The highest BCUT2D eigenvalue weighted by Gasteiger charge is 2.03. The van der Waals surface area contributed by atoms with E-state index in [4.69, 9.17) is 0 Å². The van der Waals surface area contributed by atoms with Gasteiger partial charge in [0.2, 0.25) is 0 Å². The minimum Gasteiger partial charge on any atom is -0.341 e. The maximum absolute atomic E-state index is 4.43. The third kappa shape index (κ3) is 2.15. The molecule has 0 fully saturated rings. The number of nitrogens with one attached hydrogen (secondary N) is 1. The average Bonchev–Trinajstić information content (AvgIpc) is 2.80. The predicted molar refractivity (Wildman–Crippen MR) is 65.5 cm³/mol. The van der Waals surface area contributed by atoms with Crippen LogP contribution in [0.25, 0.3) is 11.2 Å². The third-order valence-electron chi connectivity index (χ3n) is 2.65. The molecule has 0 amide bonds. The summed E-state index contributed by atoms with van der Waals surface area (Å²) in [6, 6.07) is 9.85. The smallest absolute Gasteiger partial charge is 0.177 e. The van der Waals surface area contributed by atoms with Crippen molar-refractivity contribution in [1.29, 1.82) is 0 Å². The van der Waals surface area contributed by atoms with E-state index in [9.17, 15) is 0 Å². The highest BCUT2D eigenvalue weighted by atomic mass is 15.0. The van der Waals surface area contributed by atoms with E-state index < -0.39 is 0 Å². The summed E-state index contributed by atoms with van der Waals surface area (Å²) in [5.41, 5.74) is 2.85. The van der Waals surface area contributed by atoms with Crippen molar-refractivity contribution in [3.8, 4) is 0 Å². The van der Waals surface area contributed by atoms with Crippen LogP contribution in [0.5, 0.6) is 0 Å². The van der Waals surface area contributed by atoms with Crippen LogP contribution in [0.2, 0.25) is 0 Å². The number of aromatic nitrogens is 4. The van der Waals surface area contributed by atoms with Gasteiger partial charge in [0.1, 0.15) is 5.82 Å². The van der Waals surface area contributed by atoms with Crippen molar-refractivity contribution in [3.63, 3.8) is 0 Å². The van der Waals surface area contributed by atoms with Crippen molar-refractivity contribution < 1.29 is 0 Å². The van der Waals surface area contributed by atoms with E-state index in [2.05, 4.69) is 19.9 Å². The Morgan fingerprint density at radius 3 is 2.71 bits per heavy atom. The van der Waals surface area contributed by atoms with Gasteiger partial charge in [0.05, 0.1) is 5.52 Å². The number of hydrogen-bond acceptors (Lipinski definition) is 3. The predicted octanol–water partition coefficient (Wildman–Crippen LogP) is 2.14. The number of imidazole rings is 1. The molecule has 3 aromatic heterocycles. The van der Waals surface area contributed by atoms with E-state index in [1.165, 1.54) is 0 Å². The quantitative estimate of drug-likeness (QED) is 0.741. The van der Waals surface area contributed by atoms with Crippen LogP contribution in [0.1, 0.15) is 11.5 Å². The average molecular weight is 224 g/mol. The summed E-state index contributed by atoms with van der Waals surface area (Å²) in [7, 11) is 0. The topological polar surface area (TPSA) is 54.5 Å². The van der Waals surface area contributed by atoms with Crippen LogP contribution in [-0.2, 0) is 12.8 Å². The molecule has 0 bridgehead atoms. The second-order valence-electron chi connectivity index (χ2n) is 3.88. The fourth-order valence-corrected chi connectivity index (χ4v) is 1.81. The summed E-state index contributed by atoms with van der Waals surface area (Å²) in [4.78, 5) is 16.2. The van der Waals surface area contributed by atoms with E-state index >= 15 is 0 Å². The lowest BCUT2D eigenvalue weighted by Gasteiger charge is -1.96. The van der Waals surface area contributed by atoms with Gasteiger partial charge in [0.15, 0.2) is 5.65 Å². The molecule has 3 aromatic rings. The summed E-state index contributed by atoms with van der Waals surface area (Å²) in [6.45, 7) is 0. The highest BCUT2D eigenvalue weighted by Crippen LogP contribution is 2.09. The molecule has 0 unspecified atom stereocenters. The number of aromatic amines is 1. The van der Waals surface area contributed by atoms with E-state index in [1.54, 1.807) is 6.20 Å². The zero-order valence-corrected chi connectivity index (χ0v) is 9.30. The lowest BCUT2D eigenvalue weighted by atomic mass is 10.2. The molecule has 84 valence electrons. The Morgan fingerprint density at radius 1 is 0.941 bits per heavy atom. The number of H-pyrrole nitrogens is 1. The minimum atomic E-state index is 0.781. The summed E-state index contributed by atoms with van der Waals surface area (Å²) < 4.78 is 0. The maximum atomic E-state index is 4.43. The zero-order valence-electron chi connectivity index (χ0n) is 9.30. The monoisotopic (exact) mass is 224 g/mol. The Labute approximate surface area is 98.8 Å². The molecule has 0 atom stereocenters. The first-order chi connectivity index (χ1) is 8.42. The Balaban J connectivity index is 1.77. The van der Waals surface area contributed by atoms with Crippen molar-refractivity contribution in [1.82, 2.24) is 19.9 Å². The lowest BCUT2D eigenvalue weighted by Crippen LogP contribution is -1.95. The van der Waals surface area contributed by atoms with Gasteiger partial charge in [-0.25, -0.2) is 9.97 Å². The Kier molecular flexibility index (Phi) is 2.54. The molecule has 4 nitrogen and oxygen atoms in total. The van der Waals surface area contributed by atoms with Gasteiger partial charge < -0.3 is 4.98 Å². The van der Waals surface area contributed by atoms with E-state index in [1.807, 2.05) is 36.5 Å². The van der Waals surface area contributed by atoms with E-state index in [0.29, 0.717) is 0 Å². The van der Waals surface area contributed by atoms with Gasteiger partial charge in [-0.1, -0.05) is 6.07 Å². The van der Waals surface area contributed by atoms with Gasteiger partial charge in [-0.3, -0.25) is 4.98 Å². The van der Waals surface area contributed by atoms with E-state index in [-0.39, 0.29) is 0 Å². The first-order valence-corrected chi connectivity index (χ1v) is 5.61. The Morgan fingerprint density at radius 2 is 1.88 bits per heavy atom. The molecule has 0 aliphatic rings. The molecule has 0 aromatic carbocycles. The van der Waals surface area contributed by atoms with Crippen molar-refractivity contribution in [3.05, 3.63) is 54.2 Å². The molecule has 0 aliphatic heterocycles. The standard InChI is InChI=1S/C13H12N4/c1-2-8-14-10(4-1)6-7-12-16-11-5-3-9-15-13(11)17-12/h1-5,8-9H,6-7H2,(H,15,16,17). The molecule has 0 saturated heterocycles. The largest absolute Gasteiger partial charge is 0.341 e. The fourth-order valence-electron chi connectivity index (χ4n) is 1.81. The van der Waals surface area contributed by atoms with Gasteiger partial charge in [0.25, 0.3) is 0 Å². The molecule has 17 heavy (non-hydrogen) atoms. The SMILES string of the molecule is c1ccc(CCc2nc3ncccc3[nH]2)nc1. The molecule has 3 heterocycles. The molecule has 3 rings (SSSR count). The zero-order chi connectivity index (χ0) is 11.5. The van der Waals surface area contributed by atoms with E-state index in [0.717, 1.165) is 35.5 Å². The van der Waals surface area contributed by atoms with Crippen LogP contribution in [0, 0.1) is 0 Å². The molecule has 0 aliphatic carbocycles. The van der Waals surface area contributed by atoms with Gasteiger partial charge in [-0.15, -0.1) is 0 Å². The number of nitrogens with zero attached hydrogens (tertiary/aromatic N) is 3. The molecule has 0 spiro atoms. The summed E-state index contributed by atoms with van der Waals surface area (Å²) >= 11 is 0. The lowest BCUT2D eigenvalue weighted by molar-refractivity contribution is 0.860. The second kappa shape index (κ2) is 4.33. The van der Waals surface area contributed by atoms with Crippen LogP contribution in [-0.4, -0.2) is 19.9 Å². The number of rotatable bonds is 3. The van der Waals surface area contributed by atoms with Gasteiger partial charge in [-0.05, 0) is 30.7 Å². The minimum absolute atomic E-state index is 0.781. The highest BCUT2D eigenvalue weighted by molar-refractivity contribution is 5.69. The summed E-state index contributed by atoms with van der Waals surface area (Å²) in [5.74, 6) is 0.962. The molecule has 0 radical (unpaired) electrons. The molecular weight excluding hydrogens is 212 g/mol. The molecule has 4 heteroatoms. The second-order valence-corrected chi connectivity index (χ2v) is 3.88. The van der Waals surface area contributed by atoms with Crippen LogP contribution >= 0.6 is 0 Å².